The van der Waals surface area contributed by atoms with Crippen molar-refractivity contribution >= 4 is 16.5 Å². The molecule has 0 amide bonds. The van der Waals surface area contributed by atoms with E-state index in [2.05, 4.69) is 14.8 Å². The second-order valence-corrected chi connectivity index (χ2v) is 6.23. The first-order valence-corrected chi connectivity index (χ1v) is 7.76. The fraction of sp³-hybridized carbons (Fsp3) is 0.769. The van der Waals surface area contributed by atoms with E-state index in [4.69, 9.17) is 0 Å². The van der Waals surface area contributed by atoms with Gasteiger partial charge in [-0.15, -0.1) is 11.3 Å². The van der Waals surface area contributed by atoms with Crippen LogP contribution in [0.4, 0.5) is 5.13 Å². The van der Waals surface area contributed by atoms with Crippen LogP contribution in [-0.2, 0) is 0 Å². The highest BCUT2D eigenvalue weighted by atomic mass is 32.1. The third kappa shape index (κ3) is 2.68. The topological polar surface area (TPSA) is 39.6 Å². The fourth-order valence-electron chi connectivity index (χ4n) is 3.06. The highest BCUT2D eigenvalue weighted by molar-refractivity contribution is 7.13. The number of piperazine rings is 1. The number of aromatic nitrogens is 1. The molecule has 18 heavy (non-hydrogen) atoms. The van der Waals surface area contributed by atoms with Crippen molar-refractivity contribution in [2.24, 2.45) is 5.92 Å². The Bertz CT molecular complexity index is 362. The summed E-state index contributed by atoms with van der Waals surface area (Å²) in [7, 11) is 0. The predicted molar refractivity (Wildman–Crippen MR) is 74.1 cm³/mol. The molecular formula is C13H21N3OS. The van der Waals surface area contributed by atoms with Gasteiger partial charge in [0.15, 0.2) is 5.13 Å². The first-order valence-electron chi connectivity index (χ1n) is 6.88. The maximum absolute atomic E-state index is 9.88. The lowest BCUT2D eigenvalue weighted by molar-refractivity contribution is 0.0997. The van der Waals surface area contributed by atoms with Crippen molar-refractivity contribution in [1.29, 1.82) is 0 Å². The summed E-state index contributed by atoms with van der Waals surface area (Å²) in [6.45, 7) is 5.41. The molecule has 1 aromatic rings. The molecule has 100 valence electrons. The van der Waals surface area contributed by atoms with Crippen LogP contribution in [0.3, 0.4) is 0 Å². The molecule has 2 atom stereocenters. The molecule has 0 bridgehead atoms. The minimum atomic E-state index is -0.0537. The Morgan fingerprint density at radius 1 is 1.28 bits per heavy atom. The number of rotatable bonds is 3. The quantitative estimate of drug-likeness (QED) is 0.899. The van der Waals surface area contributed by atoms with Gasteiger partial charge >= 0.3 is 0 Å². The van der Waals surface area contributed by atoms with E-state index in [9.17, 15) is 5.11 Å². The molecule has 1 saturated carbocycles. The first-order chi connectivity index (χ1) is 8.83. The molecule has 5 heteroatoms. The van der Waals surface area contributed by atoms with Crippen molar-refractivity contribution in [3.63, 3.8) is 0 Å². The molecule has 1 saturated heterocycles. The Hall–Kier alpha value is -0.650. The molecule has 2 fully saturated rings. The third-order valence-electron chi connectivity index (χ3n) is 4.17. The normalized spacial score (nSPS) is 29.9. The van der Waals surface area contributed by atoms with E-state index in [0.29, 0.717) is 5.92 Å². The van der Waals surface area contributed by atoms with Gasteiger partial charge in [0.25, 0.3) is 0 Å². The van der Waals surface area contributed by atoms with E-state index in [-0.39, 0.29) is 6.10 Å². The van der Waals surface area contributed by atoms with Gasteiger partial charge < -0.3 is 10.0 Å². The Morgan fingerprint density at radius 2 is 2.11 bits per heavy atom. The molecule has 1 aromatic heterocycles. The van der Waals surface area contributed by atoms with Gasteiger partial charge in [-0.25, -0.2) is 4.98 Å². The molecule has 1 aliphatic heterocycles. The Morgan fingerprint density at radius 3 is 2.72 bits per heavy atom. The summed E-state index contributed by atoms with van der Waals surface area (Å²) in [6, 6.07) is 0. The Labute approximate surface area is 112 Å². The average molecular weight is 267 g/mol. The minimum Gasteiger partial charge on any atom is -0.393 e. The van der Waals surface area contributed by atoms with Crippen molar-refractivity contribution < 1.29 is 5.11 Å². The number of thiazole rings is 1. The van der Waals surface area contributed by atoms with E-state index in [0.717, 1.165) is 44.3 Å². The van der Waals surface area contributed by atoms with E-state index < -0.39 is 0 Å². The molecule has 0 aromatic carbocycles. The van der Waals surface area contributed by atoms with Crippen LogP contribution in [0.15, 0.2) is 11.6 Å². The Balaban J connectivity index is 1.48. The second kappa shape index (κ2) is 5.55. The molecule has 3 rings (SSSR count). The molecule has 0 spiro atoms. The van der Waals surface area contributed by atoms with E-state index >= 15 is 0 Å². The number of aliphatic hydroxyl groups is 1. The molecule has 1 N–H and O–H groups in total. The average Bonchev–Trinajstić information content (AvgIpc) is 3.03. The molecular weight excluding hydrogens is 246 g/mol. The van der Waals surface area contributed by atoms with Crippen LogP contribution in [-0.4, -0.2) is 53.8 Å². The van der Waals surface area contributed by atoms with E-state index in [1.54, 1.807) is 11.3 Å². The number of anilines is 1. The SMILES string of the molecule is OC1CCCC1CN1CCN(c2nccs2)CC1. The zero-order chi connectivity index (χ0) is 12.4. The number of hydrogen-bond donors (Lipinski definition) is 1. The molecule has 2 heterocycles. The van der Waals surface area contributed by atoms with Gasteiger partial charge in [0.1, 0.15) is 0 Å². The summed E-state index contributed by atoms with van der Waals surface area (Å²) in [5.74, 6) is 0.511. The zero-order valence-corrected chi connectivity index (χ0v) is 11.5. The van der Waals surface area contributed by atoms with Crippen LogP contribution in [0.25, 0.3) is 0 Å². The number of aliphatic hydroxyl groups excluding tert-OH is 1. The van der Waals surface area contributed by atoms with Crippen molar-refractivity contribution in [2.75, 3.05) is 37.6 Å². The minimum absolute atomic E-state index is 0.0537. The molecule has 2 aliphatic rings. The highest BCUT2D eigenvalue weighted by Gasteiger charge is 2.28. The van der Waals surface area contributed by atoms with Crippen molar-refractivity contribution in [3.05, 3.63) is 11.6 Å². The number of nitrogens with zero attached hydrogens (tertiary/aromatic N) is 3. The summed E-state index contributed by atoms with van der Waals surface area (Å²) in [4.78, 5) is 9.24. The van der Waals surface area contributed by atoms with Gasteiger partial charge in [0.05, 0.1) is 6.10 Å². The number of hydrogen-bond acceptors (Lipinski definition) is 5. The monoisotopic (exact) mass is 267 g/mol. The van der Waals surface area contributed by atoms with Crippen molar-refractivity contribution in [3.8, 4) is 0 Å². The van der Waals surface area contributed by atoms with Gasteiger partial charge in [0.2, 0.25) is 0 Å². The van der Waals surface area contributed by atoms with Crippen LogP contribution in [0.1, 0.15) is 19.3 Å². The summed E-state index contributed by atoms with van der Waals surface area (Å²) in [6.07, 6.45) is 5.23. The Kier molecular flexibility index (Phi) is 3.82. The van der Waals surface area contributed by atoms with Gasteiger partial charge in [-0.05, 0) is 18.8 Å². The third-order valence-corrected chi connectivity index (χ3v) is 5.01. The lowest BCUT2D eigenvalue weighted by atomic mass is 10.1. The standard InChI is InChI=1S/C13H21N3OS/c17-12-3-1-2-11(12)10-15-5-7-16(8-6-15)13-14-4-9-18-13/h4,9,11-12,17H,1-3,5-8,10H2. The highest BCUT2D eigenvalue weighted by Crippen LogP contribution is 2.27. The first kappa shape index (κ1) is 12.4. The van der Waals surface area contributed by atoms with Crippen LogP contribution in [0.2, 0.25) is 0 Å². The van der Waals surface area contributed by atoms with Gasteiger partial charge in [-0.1, -0.05) is 6.42 Å². The van der Waals surface area contributed by atoms with Gasteiger partial charge in [0, 0.05) is 44.3 Å². The molecule has 1 aliphatic carbocycles. The maximum Gasteiger partial charge on any atom is 0.185 e. The van der Waals surface area contributed by atoms with Crippen molar-refractivity contribution in [2.45, 2.75) is 25.4 Å². The molecule has 2 unspecified atom stereocenters. The zero-order valence-electron chi connectivity index (χ0n) is 10.7. The second-order valence-electron chi connectivity index (χ2n) is 5.36. The fourth-order valence-corrected chi connectivity index (χ4v) is 3.75. The van der Waals surface area contributed by atoms with Gasteiger partial charge in [-0.2, -0.15) is 0 Å². The largest absolute Gasteiger partial charge is 0.393 e. The lowest BCUT2D eigenvalue weighted by Gasteiger charge is -2.36. The van der Waals surface area contributed by atoms with Crippen LogP contribution in [0, 0.1) is 5.92 Å². The smallest absolute Gasteiger partial charge is 0.185 e. The van der Waals surface area contributed by atoms with Crippen molar-refractivity contribution in [1.82, 2.24) is 9.88 Å². The molecule has 4 nitrogen and oxygen atoms in total. The van der Waals surface area contributed by atoms with Crippen LogP contribution in [0.5, 0.6) is 0 Å². The van der Waals surface area contributed by atoms with Crippen LogP contribution >= 0.6 is 11.3 Å². The summed E-state index contributed by atoms with van der Waals surface area (Å²) >= 11 is 1.72. The van der Waals surface area contributed by atoms with E-state index in [1.165, 1.54) is 12.8 Å². The summed E-state index contributed by atoms with van der Waals surface area (Å²) < 4.78 is 0. The van der Waals surface area contributed by atoms with Crippen LogP contribution < -0.4 is 4.90 Å². The summed E-state index contributed by atoms with van der Waals surface area (Å²) in [5.41, 5.74) is 0. The maximum atomic E-state index is 9.88. The lowest BCUT2D eigenvalue weighted by Crippen LogP contribution is -2.48. The van der Waals surface area contributed by atoms with E-state index in [1.807, 2.05) is 11.6 Å². The predicted octanol–water partition coefficient (Wildman–Crippen LogP) is 1.43. The van der Waals surface area contributed by atoms with Gasteiger partial charge in [-0.3, -0.25) is 4.90 Å². The summed E-state index contributed by atoms with van der Waals surface area (Å²) in [5, 5.41) is 13.1. The molecule has 0 radical (unpaired) electrons.